The third-order valence-corrected chi connectivity index (χ3v) is 3.66. The van der Waals surface area contributed by atoms with Crippen LogP contribution in [0.1, 0.15) is 29.6 Å². The minimum atomic E-state index is -0.581. The Kier molecular flexibility index (Phi) is 4.57. The smallest absolute Gasteiger partial charge is 0.271 e. The van der Waals surface area contributed by atoms with Crippen LogP contribution in [0, 0.1) is 10.1 Å². The molecular formula is C13H15ClN2O4. The van der Waals surface area contributed by atoms with Crippen LogP contribution in [-0.2, 0) is 0 Å². The third kappa shape index (κ3) is 3.08. The fourth-order valence-electron chi connectivity index (χ4n) is 2.43. The molecule has 0 aromatic heterocycles. The Hall–Kier alpha value is -1.66. The number of nitrogens with zero attached hydrogens (tertiary/aromatic N) is 2. The molecule has 0 bridgehead atoms. The Morgan fingerprint density at radius 2 is 2.20 bits per heavy atom. The summed E-state index contributed by atoms with van der Waals surface area (Å²) in [4.78, 5) is 24.2. The summed E-state index contributed by atoms with van der Waals surface area (Å²) in [6.45, 7) is 0.443. The third-order valence-electron chi connectivity index (χ3n) is 3.44. The van der Waals surface area contributed by atoms with Crippen molar-refractivity contribution in [2.45, 2.75) is 25.3 Å². The molecule has 1 unspecified atom stereocenters. The van der Waals surface area contributed by atoms with Gasteiger partial charge in [0.05, 0.1) is 17.6 Å². The molecule has 1 atom stereocenters. The van der Waals surface area contributed by atoms with Crippen LogP contribution in [0.2, 0.25) is 5.02 Å². The number of non-ortho nitro benzene ring substituents is 1. The zero-order valence-electron chi connectivity index (χ0n) is 10.8. The number of halogens is 1. The van der Waals surface area contributed by atoms with Crippen molar-refractivity contribution in [1.82, 2.24) is 4.90 Å². The van der Waals surface area contributed by atoms with Crippen LogP contribution in [0.5, 0.6) is 0 Å². The van der Waals surface area contributed by atoms with Crippen molar-refractivity contribution >= 4 is 23.2 Å². The minimum absolute atomic E-state index is 0.103. The Balaban J connectivity index is 2.30. The number of aliphatic hydroxyl groups is 1. The SMILES string of the molecule is O=C(c1cc(Cl)cc([N+](=O)[O-])c1)N1CCCCC1CO. The summed E-state index contributed by atoms with van der Waals surface area (Å²) >= 11 is 5.82. The lowest BCUT2D eigenvalue weighted by Gasteiger charge is -2.34. The predicted molar refractivity (Wildman–Crippen MR) is 73.9 cm³/mol. The number of hydrogen-bond donors (Lipinski definition) is 1. The number of aliphatic hydroxyl groups excluding tert-OH is 1. The second-order valence-electron chi connectivity index (χ2n) is 4.79. The van der Waals surface area contributed by atoms with Crippen LogP contribution in [0.15, 0.2) is 18.2 Å². The first-order valence-electron chi connectivity index (χ1n) is 6.39. The molecular weight excluding hydrogens is 284 g/mol. The largest absolute Gasteiger partial charge is 0.394 e. The predicted octanol–water partition coefficient (Wildman–Crippen LogP) is 2.24. The Labute approximate surface area is 121 Å². The van der Waals surface area contributed by atoms with Gasteiger partial charge in [-0.1, -0.05) is 11.6 Å². The van der Waals surface area contributed by atoms with Crippen molar-refractivity contribution in [3.63, 3.8) is 0 Å². The van der Waals surface area contributed by atoms with Gasteiger partial charge in [-0.15, -0.1) is 0 Å². The van der Waals surface area contributed by atoms with E-state index in [4.69, 9.17) is 11.6 Å². The van der Waals surface area contributed by atoms with E-state index in [-0.39, 0.29) is 34.8 Å². The van der Waals surface area contributed by atoms with Gasteiger partial charge in [0.1, 0.15) is 0 Å². The zero-order valence-corrected chi connectivity index (χ0v) is 11.5. The van der Waals surface area contributed by atoms with Gasteiger partial charge >= 0.3 is 0 Å². The summed E-state index contributed by atoms with van der Waals surface area (Å²) in [5, 5.41) is 20.3. The Morgan fingerprint density at radius 1 is 1.45 bits per heavy atom. The van der Waals surface area contributed by atoms with Gasteiger partial charge in [0.25, 0.3) is 11.6 Å². The molecule has 6 nitrogen and oxygen atoms in total. The van der Waals surface area contributed by atoms with Crippen LogP contribution in [-0.4, -0.2) is 40.0 Å². The van der Waals surface area contributed by atoms with Crippen LogP contribution >= 0.6 is 11.6 Å². The number of likely N-dealkylation sites (tertiary alicyclic amines) is 1. The molecule has 1 aromatic carbocycles. The molecule has 108 valence electrons. The lowest BCUT2D eigenvalue weighted by molar-refractivity contribution is -0.384. The van der Waals surface area contributed by atoms with E-state index in [0.717, 1.165) is 19.3 Å². The maximum atomic E-state index is 12.4. The van der Waals surface area contributed by atoms with E-state index in [1.54, 1.807) is 4.90 Å². The average molecular weight is 299 g/mol. The summed E-state index contributed by atoms with van der Waals surface area (Å²) in [7, 11) is 0. The van der Waals surface area contributed by atoms with Crippen molar-refractivity contribution in [3.05, 3.63) is 38.9 Å². The van der Waals surface area contributed by atoms with E-state index >= 15 is 0 Å². The van der Waals surface area contributed by atoms with E-state index in [1.165, 1.54) is 18.2 Å². The van der Waals surface area contributed by atoms with Gasteiger partial charge in [-0.05, 0) is 25.3 Å². The maximum Gasteiger partial charge on any atom is 0.271 e. The number of benzene rings is 1. The Bertz CT molecular complexity index is 535. The van der Waals surface area contributed by atoms with Gasteiger partial charge in [0, 0.05) is 29.3 Å². The molecule has 2 rings (SSSR count). The molecule has 0 aliphatic carbocycles. The quantitative estimate of drug-likeness (QED) is 0.685. The van der Waals surface area contributed by atoms with Crippen molar-refractivity contribution in [2.75, 3.05) is 13.2 Å². The summed E-state index contributed by atoms with van der Waals surface area (Å²) in [6.07, 6.45) is 2.57. The second kappa shape index (κ2) is 6.19. The van der Waals surface area contributed by atoms with Crippen molar-refractivity contribution in [2.24, 2.45) is 0 Å². The molecule has 1 N–H and O–H groups in total. The van der Waals surface area contributed by atoms with Gasteiger partial charge in [-0.25, -0.2) is 0 Å². The molecule has 1 aromatic rings. The van der Waals surface area contributed by atoms with Gasteiger partial charge < -0.3 is 10.0 Å². The highest BCUT2D eigenvalue weighted by Crippen LogP contribution is 2.24. The van der Waals surface area contributed by atoms with Gasteiger partial charge in [0.15, 0.2) is 0 Å². The van der Waals surface area contributed by atoms with Gasteiger partial charge in [-0.2, -0.15) is 0 Å². The molecule has 1 aliphatic rings. The first kappa shape index (κ1) is 14.7. The first-order valence-corrected chi connectivity index (χ1v) is 6.77. The molecule has 1 saturated heterocycles. The number of amides is 1. The maximum absolute atomic E-state index is 12.4. The van der Waals surface area contributed by atoms with Crippen molar-refractivity contribution < 1.29 is 14.8 Å². The molecule has 20 heavy (non-hydrogen) atoms. The fourth-order valence-corrected chi connectivity index (χ4v) is 2.66. The Morgan fingerprint density at radius 3 is 2.85 bits per heavy atom. The minimum Gasteiger partial charge on any atom is -0.394 e. The number of hydrogen-bond acceptors (Lipinski definition) is 4. The van der Waals surface area contributed by atoms with Crippen LogP contribution in [0.4, 0.5) is 5.69 Å². The molecule has 1 fully saturated rings. The molecule has 7 heteroatoms. The monoisotopic (exact) mass is 298 g/mol. The number of carbonyl (C=O) groups excluding carboxylic acids is 1. The number of rotatable bonds is 3. The topological polar surface area (TPSA) is 83.7 Å². The van der Waals surface area contributed by atoms with Crippen molar-refractivity contribution in [1.29, 1.82) is 0 Å². The van der Waals surface area contributed by atoms with Crippen molar-refractivity contribution in [3.8, 4) is 0 Å². The zero-order chi connectivity index (χ0) is 14.7. The van der Waals surface area contributed by atoms with E-state index < -0.39 is 4.92 Å². The highest BCUT2D eigenvalue weighted by atomic mass is 35.5. The number of nitro benzene ring substituents is 1. The molecule has 0 saturated carbocycles. The number of piperidine rings is 1. The number of nitro groups is 1. The summed E-state index contributed by atoms with van der Waals surface area (Å²) in [5.74, 6) is -0.325. The normalized spacial score (nSPS) is 18.9. The lowest BCUT2D eigenvalue weighted by atomic mass is 10.0. The van der Waals surface area contributed by atoms with E-state index in [2.05, 4.69) is 0 Å². The summed E-state index contributed by atoms with van der Waals surface area (Å²) in [5.41, 5.74) is -0.0250. The summed E-state index contributed by atoms with van der Waals surface area (Å²) < 4.78 is 0. The van der Waals surface area contributed by atoms with E-state index in [1.807, 2.05) is 0 Å². The lowest BCUT2D eigenvalue weighted by Crippen LogP contribution is -2.45. The van der Waals surface area contributed by atoms with Crippen LogP contribution in [0.3, 0.4) is 0 Å². The van der Waals surface area contributed by atoms with Crippen LogP contribution in [0.25, 0.3) is 0 Å². The number of carbonyl (C=O) groups is 1. The molecule has 1 amide bonds. The van der Waals surface area contributed by atoms with E-state index in [9.17, 15) is 20.0 Å². The van der Waals surface area contributed by atoms with E-state index in [0.29, 0.717) is 6.54 Å². The molecule has 1 heterocycles. The average Bonchev–Trinajstić information content (AvgIpc) is 2.45. The fraction of sp³-hybridized carbons (Fsp3) is 0.462. The van der Waals surface area contributed by atoms with Gasteiger partial charge in [-0.3, -0.25) is 14.9 Å². The second-order valence-corrected chi connectivity index (χ2v) is 5.22. The van der Waals surface area contributed by atoms with Gasteiger partial charge in [0.2, 0.25) is 0 Å². The molecule has 1 aliphatic heterocycles. The standard InChI is InChI=1S/C13H15ClN2O4/c14-10-5-9(6-12(7-10)16(19)20)13(18)15-4-2-1-3-11(15)8-17/h5-7,11,17H,1-4,8H2. The highest BCUT2D eigenvalue weighted by Gasteiger charge is 2.28. The highest BCUT2D eigenvalue weighted by molar-refractivity contribution is 6.31. The first-order chi connectivity index (χ1) is 9.52. The summed E-state index contributed by atoms with van der Waals surface area (Å²) in [6, 6.07) is 3.61. The molecule has 0 radical (unpaired) electrons. The van der Waals surface area contributed by atoms with Crippen LogP contribution < -0.4 is 0 Å². The molecule has 0 spiro atoms.